The number of aliphatic hydroxyl groups is 2. The first-order chi connectivity index (χ1) is 15.2. The highest BCUT2D eigenvalue weighted by molar-refractivity contribution is 5.87. The van der Waals surface area contributed by atoms with E-state index >= 15 is 0 Å². The van der Waals surface area contributed by atoms with Gasteiger partial charge in [0, 0.05) is 32.4 Å². The zero-order valence-corrected chi connectivity index (χ0v) is 20.9. The number of unbranched alkanes of at least 4 members (excludes halogenated alkanes) is 1. The molecule has 10 nitrogen and oxygen atoms in total. The highest BCUT2D eigenvalue weighted by Gasteiger charge is 2.43. The Kier molecular flexibility index (Phi) is 11.7. The number of amides is 2. The van der Waals surface area contributed by atoms with Gasteiger partial charge in [0.15, 0.2) is 6.29 Å². The molecule has 0 saturated carbocycles. The van der Waals surface area contributed by atoms with Crippen molar-refractivity contribution in [2.45, 2.75) is 104 Å². The molecule has 0 aliphatic carbocycles. The van der Waals surface area contributed by atoms with E-state index in [1.165, 1.54) is 6.92 Å². The lowest BCUT2D eigenvalue weighted by Gasteiger charge is -2.41. The molecule has 0 spiro atoms. The standard InChI is InChI=1S/C23H42N2O8/c1-13(2)18(25-15(4)26)21(30)24-12-16-20(29)19(28)14(3)22(32-16)31-11-9-8-10-17(27)33-23(5,6)7/h13-14,16,18-20,22,28-29H,8-12H2,1-7H3,(H,24,30)(H,25,26)/t14?,16?,18-,19?,20?,22?/m1/s1. The molecule has 6 atom stereocenters. The van der Waals surface area contributed by atoms with Crippen LogP contribution in [-0.2, 0) is 28.6 Å². The van der Waals surface area contributed by atoms with Crippen LogP contribution in [0, 0.1) is 11.8 Å². The fourth-order valence-corrected chi connectivity index (χ4v) is 3.46. The summed E-state index contributed by atoms with van der Waals surface area (Å²) in [4.78, 5) is 35.6. The summed E-state index contributed by atoms with van der Waals surface area (Å²) in [6.45, 7) is 12.4. The highest BCUT2D eigenvalue weighted by Crippen LogP contribution is 2.27. The summed E-state index contributed by atoms with van der Waals surface area (Å²) < 4.78 is 16.8. The number of hydrogen-bond acceptors (Lipinski definition) is 8. The summed E-state index contributed by atoms with van der Waals surface area (Å²) in [5.41, 5.74) is -0.516. The molecular weight excluding hydrogens is 432 g/mol. The topological polar surface area (TPSA) is 143 Å². The molecule has 0 radical (unpaired) electrons. The molecule has 4 N–H and O–H groups in total. The summed E-state index contributed by atoms with van der Waals surface area (Å²) in [6, 6.07) is -0.718. The van der Waals surface area contributed by atoms with E-state index in [1.807, 2.05) is 34.6 Å². The van der Waals surface area contributed by atoms with Crippen LogP contribution < -0.4 is 10.6 Å². The molecule has 0 aromatic rings. The van der Waals surface area contributed by atoms with Crippen molar-refractivity contribution < 1.29 is 38.8 Å². The Morgan fingerprint density at radius 2 is 1.73 bits per heavy atom. The maximum absolute atomic E-state index is 12.5. The van der Waals surface area contributed by atoms with E-state index in [0.717, 1.165) is 0 Å². The second-order valence-corrected chi connectivity index (χ2v) is 9.96. The van der Waals surface area contributed by atoms with Gasteiger partial charge in [-0.25, -0.2) is 0 Å². The molecule has 0 aromatic heterocycles. The van der Waals surface area contributed by atoms with Gasteiger partial charge in [0.25, 0.3) is 0 Å². The van der Waals surface area contributed by atoms with Crippen LogP contribution in [0.15, 0.2) is 0 Å². The SMILES string of the molecule is CC(=O)N[C@@H](C(=O)NCC1OC(OCCCCC(=O)OC(C)(C)C)C(C)C(O)C1O)C(C)C. The fraction of sp³-hybridized carbons (Fsp3) is 0.870. The molecule has 5 unspecified atom stereocenters. The smallest absolute Gasteiger partial charge is 0.306 e. The second-order valence-electron chi connectivity index (χ2n) is 9.96. The summed E-state index contributed by atoms with van der Waals surface area (Å²) in [7, 11) is 0. The highest BCUT2D eigenvalue weighted by atomic mass is 16.7. The van der Waals surface area contributed by atoms with Crippen LogP contribution in [0.2, 0.25) is 0 Å². The maximum Gasteiger partial charge on any atom is 0.306 e. The van der Waals surface area contributed by atoms with Gasteiger partial charge in [-0.2, -0.15) is 0 Å². The third-order valence-electron chi connectivity index (χ3n) is 5.27. The minimum absolute atomic E-state index is 0.0505. The van der Waals surface area contributed by atoms with Crippen molar-refractivity contribution in [3.8, 4) is 0 Å². The third-order valence-corrected chi connectivity index (χ3v) is 5.27. The van der Waals surface area contributed by atoms with E-state index in [9.17, 15) is 24.6 Å². The number of ether oxygens (including phenoxy) is 3. The van der Waals surface area contributed by atoms with E-state index in [1.54, 1.807) is 6.92 Å². The minimum Gasteiger partial charge on any atom is -0.460 e. The van der Waals surface area contributed by atoms with Gasteiger partial charge in [0.05, 0.1) is 6.10 Å². The molecule has 33 heavy (non-hydrogen) atoms. The molecule has 192 valence electrons. The lowest BCUT2D eigenvalue weighted by Crippen LogP contribution is -2.58. The van der Waals surface area contributed by atoms with Crippen molar-refractivity contribution in [3.05, 3.63) is 0 Å². The van der Waals surface area contributed by atoms with Gasteiger partial charge in [-0.05, 0) is 39.5 Å². The molecule has 1 rings (SSSR count). The maximum atomic E-state index is 12.5. The molecule has 10 heteroatoms. The van der Waals surface area contributed by atoms with Crippen molar-refractivity contribution in [1.82, 2.24) is 10.6 Å². The molecule has 1 heterocycles. The van der Waals surface area contributed by atoms with Gasteiger partial charge in [-0.1, -0.05) is 20.8 Å². The lowest BCUT2D eigenvalue weighted by atomic mass is 9.92. The first-order valence-corrected chi connectivity index (χ1v) is 11.6. The largest absolute Gasteiger partial charge is 0.460 e. The summed E-state index contributed by atoms with van der Waals surface area (Å²) in [5.74, 6) is -1.60. The van der Waals surface area contributed by atoms with Crippen LogP contribution >= 0.6 is 0 Å². The van der Waals surface area contributed by atoms with Gasteiger partial charge in [0.2, 0.25) is 11.8 Å². The Balaban J connectivity index is 2.53. The van der Waals surface area contributed by atoms with Gasteiger partial charge < -0.3 is 35.1 Å². The van der Waals surface area contributed by atoms with E-state index in [2.05, 4.69) is 10.6 Å². The number of carbonyl (C=O) groups is 3. The Labute approximate surface area is 196 Å². The zero-order chi connectivity index (χ0) is 25.3. The minimum atomic E-state index is -1.20. The predicted molar refractivity (Wildman–Crippen MR) is 121 cm³/mol. The number of aliphatic hydroxyl groups excluding tert-OH is 2. The van der Waals surface area contributed by atoms with Crippen LogP contribution in [0.4, 0.5) is 0 Å². The molecular formula is C23H42N2O8. The van der Waals surface area contributed by atoms with Crippen LogP contribution in [0.1, 0.15) is 67.7 Å². The molecule has 1 aliphatic rings. The Morgan fingerprint density at radius 3 is 2.27 bits per heavy atom. The molecule has 1 fully saturated rings. The van der Waals surface area contributed by atoms with E-state index < -0.39 is 48.1 Å². The zero-order valence-electron chi connectivity index (χ0n) is 20.9. The quantitative estimate of drug-likeness (QED) is 0.255. The van der Waals surface area contributed by atoms with E-state index in [4.69, 9.17) is 14.2 Å². The normalized spacial score (nSPS) is 26.5. The fourth-order valence-electron chi connectivity index (χ4n) is 3.46. The van der Waals surface area contributed by atoms with Crippen LogP contribution in [0.3, 0.4) is 0 Å². The van der Waals surface area contributed by atoms with Crippen molar-refractivity contribution in [2.24, 2.45) is 11.8 Å². The summed E-state index contributed by atoms with van der Waals surface area (Å²) >= 11 is 0. The van der Waals surface area contributed by atoms with Gasteiger partial charge in [-0.3, -0.25) is 14.4 Å². The van der Waals surface area contributed by atoms with Crippen molar-refractivity contribution in [3.63, 3.8) is 0 Å². The van der Waals surface area contributed by atoms with E-state index in [-0.39, 0.29) is 30.8 Å². The number of nitrogens with one attached hydrogen (secondary N) is 2. The van der Waals surface area contributed by atoms with Gasteiger partial charge in [-0.15, -0.1) is 0 Å². The Bertz CT molecular complexity index is 649. The second kappa shape index (κ2) is 13.2. The molecule has 1 saturated heterocycles. The predicted octanol–water partition coefficient (Wildman–Crippen LogP) is 0.875. The Hall–Kier alpha value is -1.75. The first-order valence-electron chi connectivity index (χ1n) is 11.6. The summed E-state index contributed by atoms with van der Waals surface area (Å²) in [5, 5.41) is 26.1. The lowest BCUT2D eigenvalue weighted by molar-refractivity contribution is -0.275. The Morgan fingerprint density at radius 1 is 1.09 bits per heavy atom. The number of rotatable bonds is 11. The number of carbonyl (C=O) groups excluding carboxylic acids is 3. The molecule has 1 aliphatic heterocycles. The first kappa shape index (κ1) is 29.3. The molecule has 0 bridgehead atoms. The number of hydrogen-bond donors (Lipinski definition) is 4. The number of esters is 1. The van der Waals surface area contributed by atoms with E-state index in [0.29, 0.717) is 19.4 Å². The molecule has 2 amide bonds. The molecule has 0 aromatic carbocycles. The van der Waals surface area contributed by atoms with Crippen LogP contribution in [0.5, 0.6) is 0 Å². The van der Waals surface area contributed by atoms with Crippen molar-refractivity contribution in [1.29, 1.82) is 0 Å². The third kappa shape index (κ3) is 10.4. The average molecular weight is 475 g/mol. The van der Waals surface area contributed by atoms with Gasteiger partial charge >= 0.3 is 5.97 Å². The van der Waals surface area contributed by atoms with Crippen molar-refractivity contribution in [2.75, 3.05) is 13.2 Å². The van der Waals surface area contributed by atoms with Crippen LogP contribution in [0.25, 0.3) is 0 Å². The van der Waals surface area contributed by atoms with Gasteiger partial charge in [0.1, 0.15) is 23.9 Å². The average Bonchev–Trinajstić information content (AvgIpc) is 2.68. The van der Waals surface area contributed by atoms with Crippen LogP contribution in [-0.4, -0.2) is 77.4 Å². The van der Waals surface area contributed by atoms with Crippen molar-refractivity contribution >= 4 is 17.8 Å². The summed E-state index contributed by atoms with van der Waals surface area (Å²) in [6.07, 6.45) is -2.49. The monoisotopic (exact) mass is 474 g/mol.